The smallest absolute Gasteiger partial charge is 0.268 e. The fourth-order valence-electron chi connectivity index (χ4n) is 1.58. The van der Waals surface area contributed by atoms with E-state index in [0.717, 1.165) is 17.8 Å². The molecule has 0 aliphatic rings. The summed E-state index contributed by atoms with van der Waals surface area (Å²) in [7, 11) is 0. The predicted molar refractivity (Wildman–Crippen MR) is 57.5 cm³/mol. The Morgan fingerprint density at radius 3 is 2.59 bits per heavy atom. The third-order valence-electron chi connectivity index (χ3n) is 2.37. The molecule has 90 valence electrons. The zero-order chi connectivity index (χ0) is 12.5. The van der Waals surface area contributed by atoms with Crippen molar-refractivity contribution in [1.29, 1.82) is 0 Å². The Kier molecular flexibility index (Phi) is 2.92. The minimum atomic E-state index is -4.30. The zero-order valence-electron chi connectivity index (χ0n) is 9.20. The van der Waals surface area contributed by atoms with E-state index in [2.05, 4.69) is 5.10 Å². The summed E-state index contributed by atoms with van der Waals surface area (Å²) in [5.74, 6) is 0. The molecule has 2 nitrogen and oxygen atoms in total. The summed E-state index contributed by atoms with van der Waals surface area (Å²) in [6.07, 6.45) is -2.55. The van der Waals surface area contributed by atoms with Crippen LogP contribution >= 0.6 is 0 Å². The van der Waals surface area contributed by atoms with Crippen LogP contribution in [0.1, 0.15) is 16.8 Å². The lowest BCUT2D eigenvalue weighted by atomic mass is 10.1. The van der Waals surface area contributed by atoms with E-state index in [1.54, 1.807) is 16.9 Å². The van der Waals surface area contributed by atoms with E-state index >= 15 is 0 Å². The summed E-state index contributed by atoms with van der Waals surface area (Å²) >= 11 is 0. The summed E-state index contributed by atoms with van der Waals surface area (Å²) in [5, 5.41) is 4.13. The van der Waals surface area contributed by atoms with Gasteiger partial charge in [0.05, 0.1) is 17.8 Å². The second kappa shape index (κ2) is 4.24. The second-order valence-electron chi connectivity index (χ2n) is 3.85. The Balaban J connectivity index is 2.22. The average Bonchev–Trinajstić information content (AvgIpc) is 2.63. The van der Waals surface area contributed by atoms with Gasteiger partial charge >= 0.3 is 6.18 Å². The van der Waals surface area contributed by atoms with Crippen molar-refractivity contribution in [2.45, 2.75) is 19.6 Å². The molecule has 0 bridgehead atoms. The van der Waals surface area contributed by atoms with Crippen molar-refractivity contribution in [1.82, 2.24) is 9.78 Å². The van der Waals surface area contributed by atoms with Gasteiger partial charge in [-0.1, -0.05) is 12.1 Å². The zero-order valence-corrected chi connectivity index (χ0v) is 9.20. The minimum absolute atomic E-state index is 0.345. The van der Waals surface area contributed by atoms with Crippen LogP contribution in [0.15, 0.2) is 36.5 Å². The molecule has 1 heterocycles. The molecule has 1 aromatic heterocycles. The van der Waals surface area contributed by atoms with Crippen molar-refractivity contribution in [3.05, 3.63) is 53.3 Å². The maximum atomic E-state index is 12.5. The van der Waals surface area contributed by atoms with Crippen LogP contribution in [0.5, 0.6) is 0 Å². The number of hydrogen-bond donors (Lipinski definition) is 0. The van der Waals surface area contributed by atoms with Crippen LogP contribution in [0.3, 0.4) is 0 Å². The van der Waals surface area contributed by atoms with Crippen molar-refractivity contribution in [2.75, 3.05) is 0 Å². The number of nitrogens with zero attached hydrogens (tertiary/aromatic N) is 2. The Bertz CT molecular complexity index is 514. The van der Waals surface area contributed by atoms with E-state index < -0.39 is 11.7 Å². The normalized spacial score (nSPS) is 11.8. The van der Waals surface area contributed by atoms with E-state index in [9.17, 15) is 13.2 Å². The first-order valence-electron chi connectivity index (χ1n) is 5.11. The van der Waals surface area contributed by atoms with E-state index in [-0.39, 0.29) is 0 Å². The molecule has 0 aliphatic heterocycles. The summed E-state index contributed by atoms with van der Waals surface area (Å²) in [6, 6.07) is 7.10. The Labute approximate surface area is 96.7 Å². The quantitative estimate of drug-likeness (QED) is 0.787. The predicted octanol–water partition coefficient (Wildman–Crippen LogP) is 3.26. The molecule has 0 aliphatic carbocycles. The minimum Gasteiger partial charge on any atom is -0.268 e. The average molecular weight is 240 g/mol. The van der Waals surface area contributed by atoms with Crippen molar-refractivity contribution in [3.63, 3.8) is 0 Å². The summed E-state index contributed by atoms with van der Waals surface area (Å²) in [6.45, 7) is 2.18. The lowest BCUT2D eigenvalue weighted by Crippen LogP contribution is -2.07. The number of alkyl halides is 3. The fraction of sp³-hybridized carbons (Fsp3) is 0.250. The van der Waals surface area contributed by atoms with E-state index in [1.165, 1.54) is 6.07 Å². The molecule has 0 amide bonds. The Morgan fingerprint density at radius 1 is 1.24 bits per heavy atom. The Morgan fingerprint density at radius 2 is 2.00 bits per heavy atom. The number of halogens is 3. The molecule has 2 aromatic rings. The lowest BCUT2D eigenvalue weighted by Gasteiger charge is -2.08. The molecule has 5 heteroatoms. The molecule has 0 radical (unpaired) electrons. The van der Waals surface area contributed by atoms with Crippen LogP contribution in [-0.2, 0) is 12.7 Å². The molecule has 2 rings (SSSR count). The van der Waals surface area contributed by atoms with Gasteiger partial charge in [0.1, 0.15) is 0 Å². The third-order valence-corrected chi connectivity index (χ3v) is 2.37. The highest BCUT2D eigenvalue weighted by Gasteiger charge is 2.30. The van der Waals surface area contributed by atoms with Gasteiger partial charge in [0.2, 0.25) is 0 Å². The molecule has 0 N–H and O–H groups in total. The highest BCUT2D eigenvalue weighted by molar-refractivity contribution is 5.25. The number of benzene rings is 1. The van der Waals surface area contributed by atoms with Gasteiger partial charge in [-0.25, -0.2) is 0 Å². The number of rotatable bonds is 2. The van der Waals surface area contributed by atoms with E-state index in [1.807, 2.05) is 13.0 Å². The van der Waals surface area contributed by atoms with E-state index in [4.69, 9.17) is 0 Å². The van der Waals surface area contributed by atoms with Gasteiger partial charge in [-0.2, -0.15) is 18.3 Å². The number of hydrogen-bond acceptors (Lipinski definition) is 1. The first-order chi connectivity index (χ1) is 7.95. The molecule has 0 unspecified atom stereocenters. The van der Waals surface area contributed by atoms with Crippen LogP contribution in [-0.4, -0.2) is 9.78 Å². The van der Waals surface area contributed by atoms with Gasteiger partial charge in [-0.15, -0.1) is 0 Å². The highest BCUT2D eigenvalue weighted by atomic mass is 19.4. The molecule has 0 atom stereocenters. The first kappa shape index (κ1) is 11.7. The molecule has 1 aromatic carbocycles. The number of aromatic nitrogens is 2. The second-order valence-corrected chi connectivity index (χ2v) is 3.85. The summed E-state index contributed by atoms with van der Waals surface area (Å²) in [5.41, 5.74) is 0.804. The van der Waals surface area contributed by atoms with Crippen molar-refractivity contribution >= 4 is 0 Å². The molecule has 17 heavy (non-hydrogen) atoms. The fourth-order valence-corrected chi connectivity index (χ4v) is 1.58. The van der Waals surface area contributed by atoms with Crippen LogP contribution in [0.25, 0.3) is 0 Å². The lowest BCUT2D eigenvalue weighted by molar-refractivity contribution is -0.137. The van der Waals surface area contributed by atoms with Crippen LogP contribution in [0.2, 0.25) is 0 Å². The molecular formula is C12H11F3N2. The Hall–Kier alpha value is -1.78. The SMILES string of the molecule is Cc1ccn(Cc2cccc(C(F)(F)F)c2)n1. The molecule has 0 saturated heterocycles. The molecule has 0 saturated carbocycles. The molecule has 0 spiro atoms. The maximum Gasteiger partial charge on any atom is 0.416 e. The van der Waals surface area contributed by atoms with Crippen LogP contribution in [0.4, 0.5) is 13.2 Å². The topological polar surface area (TPSA) is 17.8 Å². The monoisotopic (exact) mass is 240 g/mol. The summed E-state index contributed by atoms with van der Waals surface area (Å²) < 4.78 is 39.1. The van der Waals surface area contributed by atoms with Gasteiger partial charge in [0, 0.05) is 6.20 Å². The van der Waals surface area contributed by atoms with Crippen LogP contribution < -0.4 is 0 Å². The van der Waals surface area contributed by atoms with Crippen molar-refractivity contribution in [2.24, 2.45) is 0 Å². The van der Waals surface area contributed by atoms with Gasteiger partial charge in [-0.3, -0.25) is 4.68 Å². The van der Waals surface area contributed by atoms with Gasteiger partial charge in [0.25, 0.3) is 0 Å². The van der Waals surface area contributed by atoms with Gasteiger partial charge in [-0.05, 0) is 30.7 Å². The highest BCUT2D eigenvalue weighted by Crippen LogP contribution is 2.29. The van der Waals surface area contributed by atoms with Crippen molar-refractivity contribution in [3.8, 4) is 0 Å². The molecular weight excluding hydrogens is 229 g/mol. The molecule has 0 fully saturated rings. The standard InChI is InChI=1S/C12H11F3N2/c1-9-5-6-17(16-9)8-10-3-2-4-11(7-10)12(13,14)15/h2-7H,8H2,1H3. The van der Waals surface area contributed by atoms with E-state index in [0.29, 0.717) is 12.1 Å². The largest absolute Gasteiger partial charge is 0.416 e. The third kappa shape index (κ3) is 2.87. The number of aryl methyl sites for hydroxylation is 1. The maximum absolute atomic E-state index is 12.5. The first-order valence-corrected chi connectivity index (χ1v) is 5.11. The van der Waals surface area contributed by atoms with Gasteiger partial charge in [0.15, 0.2) is 0 Å². The van der Waals surface area contributed by atoms with Crippen molar-refractivity contribution < 1.29 is 13.2 Å². The van der Waals surface area contributed by atoms with Crippen LogP contribution in [0, 0.1) is 6.92 Å². The van der Waals surface area contributed by atoms with Gasteiger partial charge < -0.3 is 0 Å². The summed E-state index contributed by atoms with van der Waals surface area (Å²) in [4.78, 5) is 0.